The fourth-order valence-corrected chi connectivity index (χ4v) is 5.13. The molecule has 2 amide bonds. The number of carbonyl (C=O) groups excluding carboxylic acids is 2. The van der Waals surface area contributed by atoms with Crippen LogP contribution in [0.25, 0.3) is 0 Å². The smallest absolute Gasteiger partial charge is 0.236 e. The van der Waals surface area contributed by atoms with E-state index >= 15 is 0 Å². The summed E-state index contributed by atoms with van der Waals surface area (Å²) in [4.78, 5) is 26.2. The molecule has 2 atom stereocenters. The molecule has 0 bridgehead atoms. The van der Waals surface area contributed by atoms with E-state index in [4.69, 9.17) is 4.74 Å². The van der Waals surface area contributed by atoms with Gasteiger partial charge in [0.15, 0.2) is 0 Å². The second-order valence-corrected chi connectivity index (χ2v) is 9.87. The van der Waals surface area contributed by atoms with Crippen molar-refractivity contribution >= 4 is 23.6 Å². The lowest BCUT2D eigenvalue weighted by Crippen LogP contribution is -2.42. The minimum Gasteiger partial charge on any atom is -0.491 e. The number of amides is 2. The Morgan fingerprint density at radius 1 is 1.33 bits per heavy atom. The average Bonchev–Trinajstić information content (AvgIpc) is 3.14. The van der Waals surface area contributed by atoms with Crippen molar-refractivity contribution in [2.24, 2.45) is 5.41 Å². The van der Waals surface area contributed by atoms with E-state index in [1.165, 1.54) is 10.5 Å². The molecular weight excluding hydrogens is 362 g/mol. The molecule has 0 saturated carbocycles. The minimum atomic E-state index is -0.899. The molecule has 2 saturated heterocycles. The molecule has 2 fully saturated rings. The first-order chi connectivity index (χ1) is 12.6. The van der Waals surface area contributed by atoms with Crippen LogP contribution in [-0.2, 0) is 15.0 Å². The molecule has 2 aliphatic heterocycles. The van der Waals surface area contributed by atoms with E-state index in [1.54, 1.807) is 11.8 Å². The molecule has 27 heavy (non-hydrogen) atoms. The van der Waals surface area contributed by atoms with Crippen LogP contribution in [0.4, 0.5) is 0 Å². The lowest BCUT2D eigenvalue weighted by atomic mass is 9.86. The number of imide groups is 1. The third-order valence-electron chi connectivity index (χ3n) is 5.46. The third kappa shape index (κ3) is 4.16. The van der Waals surface area contributed by atoms with E-state index in [1.807, 2.05) is 19.1 Å². The monoisotopic (exact) mass is 391 g/mol. The second-order valence-electron chi connectivity index (χ2n) is 8.76. The van der Waals surface area contributed by atoms with Gasteiger partial charge in [-0.25, -0.2) is 0 Å². The number of benzene rings is 1. The molecule has 0 radical (unpaired) electrons. The first-order valence-electron chi connectivity index (χ1n) is 9.47. The molecule has 1 aromatic carbocycles. The van der Waals surface area contributed by atoms with Crippen LogP contribution in [0.15, 0.2) is 18.2 Å². The van der Waals surface area contributed by atoms with E-state index in [-0.39, 0.29) is 36.8 Å². The summed E-state index contributed by atoms with van der Waals surface area (Å²) in [5, 5.41) is 10.3. The van der Waals surface area contributed by atoms with Gasteiger partial charge in [0, 0.05) is 12.2 Å². The van der Waals surface area contributed by atoms with Crippen LogP contribution in [0, 0.1) is 12.3 Å². The summed E-state index contributed by atoms with van der Waals surface area (Å²) in [7, 11) is 0. The molecule has 5 nitrogen and oxygen atoms in total. The number of likely N-dealkylation sites (tertiary alicyclic amines) is 1. The van der Waals surface area contributed by atoms with Gasteiger partial charge in [-0.3, -0.25) is 14.5 Å². The number of nitrogens with zero attached hydrogens (tertiary/aromatic N) is 1. The summed E-state index contributed by atoms with van der Waals surface area (Å²) < 4.78 is 5.76. The Morgan fingerprint density at radius 2 is 2.07 bits per heavy atom. The summed E-state index contributed by atoms with van der Waals surface area (Å²) in [6.07, 6.45) is 0.133. The van der Waals surface area contributed by atoms with Crippen molar-refractivity contribution in [3.05, 3.63) is 29.3 Å². The Kier molecular flexibility index (Phi) is 5.59. The number of hydrogen-bond acceptors (Lipinski definition) is 5. The van der Waals surface area contributed by atoms with Gasteiger partial charge < -0.3 is 9.84 Å². The Labute approximate surface area is 165 Å². The van der Waals surface area contributed by atoms with Crippen molar-refractivity contribution in [2.45, 2.75) is 52.1 Å². The Hall–Kier alpha value is -1.53. The Morgan fingerprint density at radius 3 is 2.67 bits per heavy atom. The van der Waals surface area contributed by atoms with Gasteiger partial charge in [0.1, 0.15) is 18.5 Å². The van der Waals surface area contributed by atoms with Gasteiger partial charge in [-0.1, -0.05) is 32.9 Å². The number of carbonyl (C=O) groups is 2. The van der Waals surface area contributed by atoms with Gasteiger partial charge in [0.2, 0.25) is 11.8 Å². The van der Waals surface area contributed by atoms with Gasteiger partial charge in [0.05, 0.1) is 12.0 Å². The van der Waals surface area contributed by atoms with Crippen LogP contribution >= 0.6 is 11.8 Å². The lowest BCUT2D eigenvalue weighted by molar-refractivity contribution is -0.142. The van der Waals surface area contributed by atoms with E-state index in [2.05, 4.69) is 26.8 Å². The third-order valence-corrected chi connectivity index (χ3v) is 6.71. The summed E-state index contributed by atoms with van der Waals surface area (Å²) in [6.45, 7) is 8.51. The highest BCUT2D eigenvalue weighted by Crippen LogP contribution is 2.44. The first-order valence-corrected chi connectivity index (χ1v) is 10.6. The van der Waals surface area contributed by atoms with Crippen molar-refractivity contribution in [2.75, 3.05) is 24.7 Å². The fraction of sp³-hybridized carbons (Fsp3) is 0.619. The molecule has 1 spiro atoms. The molecule has 2 unspecified atom stereocenters. The maximum Gasteiger partial charge on any atom is 0.236 e. The molecule has 2 aliphatic rings. The van der Waals surface area contributed by atoms with Crippen LogP contribution < -0.4 is 4.74 Å². The van der Waals surface area contributed by atoms with Gasteiger partial charge in [0.25, 0.3) is 0 Å². The standard InChI is InChI=1S/C21H29NO4S/c1-14-9-15(20(2,3)4)5-6-17(14)26-12-16(23)11-22-18(24)10-21(19(22)25)7-8-27-13-21/h5-6,9,16,23H,7-8,10-13H2,1-4H3. The highest BCUT2D eigenvalue weighted by atomic mass is 32.2. The lowest BCUT2D eigenvalue weighted by Gasteiger charge is -2.23. The number of thioether (sulfide) groups is 1. The van der Waals surface area contributed by atoms with Crippen molar-refractivity contribution < 1.29 is 19.4 Å². The van der Waals surface area contributed by atoms with Crippen LogP contribution in [-0.4, -0.2) is 52.6 Å². The molecule has 6 heteroatoms. The minimum absolute atomic E-state index is 0.00318. The molecule has 0 aliphatic carbocycles. The van der Waals surface area contributed by atoms with E-state index < -0.39 is 11.5 Å². The number of ether oxygens (including phenoxy) is 1. The average molecular weight is 392 g/mol. The molecule has 1 aromatic rings. The zero-order valence-electron chi connectivity index (χ0n) is 16.6. The number of hydrogen-bond donors (Lipinski definition) is 1. The largest absolute Gasteiger partial charge is 0.491 e. The van der Waals surface area contributed by atoms with Crippen molar-refractivity contribution in [1.82, 2.24) is 4.90 Å². The molecular formula is C21H29NO4S. The topological polar surface area (TPSA) is 66.8 Å². The SMILES string of the molecule is Cc1cc(C(C)(C)C)ccc1OCC(O)CN1C(=O)CC2(CCSC2)C1=O. The summed E-state index contributed by atoms with van der Waals surface area (Å²) in [5.74, 6) is 2.04. The van der Waals surface area contributed by atoms with Crippen LogP contribution in [0.2, 0.25) is 0 Å². The summed E-state index contributed by atoms with van der Waals surface area (Å²) in [5.41, 5.74) is 1.76. The second kappa shape index (κ2) is 7.47. The van der Waals surface area contributed by atoms with Crippen molar-refractivity contribution in [3.63, 3.8) is 0 Å². The Bertz CT molecular complexity index is 734. The number of rotatable bonds is 5. The van der Waals surface area contributed by atoms with Gasteiger partial charge in [-0.2, -0.15) is 11.8 Å². The van der Waals surface area contributed by atoms with Crippen molar-refractivity contribution in [1.29, 1.82) is 0 Å². The van der Waals surface area contributed by atoms with E-state index in [0.717, 1.165) is 17.7 Å². The molecule has 3 rings (SSSR count). The highest BCUT2D eigenvalue weighted by Gasteiger charge is 2.53. The zero-order chi connectivity index (χ0) is 19.8. The maximum absolute atomic E-state index is 12.7. The van der Waals surface area contributed by atoms with Gasteiger partial charge >= 0.3 is 0 Å². The molecule has 1 N–H and O–H groups in total. The zero-order valence-corrected chi connectivity index (χ0v) is 17.4. The first kappa shape index (κ1) is 20.2. The normalized spacial score (nSPS) is 24.1. The van der Waals surface area contributed by atoms with Crippen molar-refractivity contribution in [3.8, 4) is 5.75 Å². The fourth-order valence-electron chi connectivity index (χ4n) is 3.69. The van der Waals surface area contributed by atoms with Crippen LogP contribution in [0.5, 0.6) is 5.75 Å². The quantitative estimate of drug-likeness (QED) is 0.782. The van der Waals surface area contributed by atoms with Gasteiger partial charge in [-0.15, -0.1) is 0 Å². The number of aryl methyl sites for hydroxylation is 1. The van der Waals surface area contributed by atoms with E-state index in [9.17, 15) is 14.7 Å². The van der Waals surface area contributed by atoms with Gasteiger partial charge in [-0.05, 0) is 41.7 Å². The number of β-amino-alcohol motifs (C(OH)–C–C–N with tert-alkyl or cyclic N) is 1. The van der Waals surface area contributed by atoms with E-state index in [0.29, 0.717) is 11.5 Å². The predicted molar refractivity (Wildman–Crippen MR) is 107 cm³/mol. The summed E-state index contributed by atoms with van der Waals surface area (Å²) >= 11 is 1.72. The molecule has 0 aromatic heterocycles. The molecule has 148 valence electrons. The maximum atomic E-state index is 12.7. The predicted octanol–water partition coefficient (Wildman–Crippen LogP) is 2.91. The van der Waals surface area contributed by atoms with Crippen LogP contribution in [0.1, 0.15) is 44.7 Å². The molecule has 2 heterocycles. The summed E-state index contributed by atoms with van der Waals surface area (Å²) in [6, 6.07) is 6.04. The number of aliphatic hydroxyl groups is 1. The highest BCUT2D eigenvalue weighted by molar-refractivity contribution is 7.99. The Balaban J connectivity index is 1.58. The van der Waals surface area contributed by atoms with Crippen LogP contribution in [0.3, 0.4) is 0 Å². The number of aliphatic hydroxyl groups excluding tert-OH is 1.